The van der Waals surface area contributed by atoms with Gasteiger partial charge >= 0.3 is 0 Å². The van der Waals surface area contributed by atoms with Gasteiger partial charge in [-0.05, 0) is 28.1 Å². The van der Waals surface area contributed by atoms with Crippen LogP contribution in [0, 0.1) is 0 Å². The largest absolute Gasteiger partial charge is 0.398 e. The maximum absolute atomic E-state index is 6.30. The Morgan fingerprint density at radius 3 is 1.82 bits per heavy atom. The summed E-state index contributed by atoms with van der Waals surface area (Å²) in [6.07, 6.45) is 0.969. The van der Waals surface area contributed by atoms with Gasteiger partial charge in [0.15, 0.2) is 0 Å². The number of rotatable bonds is 1. The summed E-state index contributed by atoms with van der Waals surface area (Å²) in [5.41, 5.74) is 8.49. The lowest BCUT2D eigenvalue weighted by atomic mass is 9.94. The summed E-state index contributed by atoms with van der Waals surface area (Å²) in [5, 5.41) is 5.00. The molecule has 17 heavy (non-hydrogen) atoms. The summed E-state index contributed by atoms with van der Waals surface area (Å²) in [5.74, 6) is 0. The van der Waals surface area contributed by atoms with Crippen LogP contribution in [0.25, 0.3) is 21.5 Å². The van der Waals surface area contributed by atoms with Crippen LogP contribution in [0.5, 0.6) is 0 Å². The molecule has 0 bridgehead atoms. The first-order valence-electron chi connectivity index (χ1n) is 6.00. The van der Waals surface area contributed by atoms with Crippen molar-refractivity contribution in [2.75, 3.05) is 5.73 Å². The Morgan fingerprint density at radius 2 is 1.24 bits per heavy atom. The highest BCUT2D eigenvalue weighted by molar-refractivity contribution is 6.14. The number of hydrogen-bond donors (Lipinski definition) is 1. The molecule has 0 spiro atoms. The highest BCUT2D eigenvalue weighted by Crippen LogP contribution is 2.34. The number of fused-ring (bicyclic) bond motifs is 3. The van der Waals surface area contributed by atoms with Crippen molar-refractivity contribution < 1.29 is 0 Å². The van der Waals surface area contributed by atoms with Crippen molar-refractivity contribution in [2.24, 2.45) is 0 Å². The second-order valence-electron chi connectivity index (χ2n) is 4.34. The van der Waals surface area contributed by atoms with Crippen molar-refractivity contribution in [3.8, 4) is 0 Å². The number of aryl methyl sites for hydroxylation is 1. The van der Waals surface area contributed by atoms with Gasteiger partial charge in [0.2, 0.25) is 0 Å². The summed E-state index contributed by atoms with van der Waals surface area (Å²) >= 11 is 0. The summed E-state index contributed by atoms with van der Waals surface area (Å²) < 4.78 is 0. The first-order valence-corrected chi connectivity index (χ1v) is 6.00. The monoisotopic (exact) mass is 221 g/mol. The van der Waals surface area contributed by atoms with Crippen molar-refractivity contribution in [3.05, 3.63) is 54.1 Å². The second-order valence-corrected chi connectivity index (χ2v) is 4.34. The SMILES string of the molecule is CCc1c(N)c2ccccc2c2ccccc12. The Hall–Kier alpha value is -2.02. The number of anilines is 1. The molecule has 0 fully saturated rings. The van der Waals surface area contributed by atoms with E-state index in [2.05, 4.69) is 49.4 Å². The van der Waals surface area contributed by atoms with E-state index in [1.54, 1.807) is 0 Å². The lowest BCUT2D eigenvalue weighted by Gasteiger charge is -2.13. The minimum absolute atomic E-state index is 0.932. The van der Waals surface area contributed by atoms with Gasteiger partial charge in [-0.25, -0.2) is 0 Å². The van der Waals surface area contributed by atoms with Crippen molar-refractivity contribution in [1.29, 1.82) is 0 Å². The third kappa shape index (κ3) is 1.39. The van der Waals surface area contributed by atoms with E-state index < -0.39 is 0 Å². The van der Waals surface area contributed by atoms with Crippen molar-refractivity contribution in [1.82, 2.24) is 0 Å². The normalized spacial score (nSPS) is 11.1. The molecule has 0 atom stereocenters. The Kier molecular flexibility index (Phi) is 2.25. The first-order chi connectivity index (χ1) is 8.33. The minimum Gasteiger partial charge on any atom is -0.398 e. The fourth-order valence-electron chi connectivity index (χ4n) is 2.62. The fraction of sp³-hybridized carbons (Fsp3) is 0.125. The van der Waals surface area contributed by atoms with Gasteiger partial charge in [0, 0.05) is 11.1 Å². The smallest absolute Gasteiger partial charge is 0.0432 e. The lowest BCUT2D eigenvalue weighted by molar-refractivity contribution is 1.17. The highest BCUT2D eigenvalue weighted by atomic mass is 14.6. The molecular weight excluding hydrogens is 206 g/mol. The molecule has 0 aromatic heterocycles. The van der Waals surface area contributed by atoms with E-state index in [0.29, 0.717) is 0 Å². The second kappa shape index (κ2) is 3.77. The van der Waals surface area contributed by atoms with Crippen LogP contribution < -0.4 is 5.73 Å². The molecule has 0 amide bonds. The van der Waals surface area contributed by atoms with E-state index in [4.69, 9.17) is 5.73 Å². The zero-order valence-electron chi connectivity index (χ0n) is 9.90. The molecule has 2 N–H and O–H groups in total. The topological polar surface area (TPSA) is 26.0 Å². The quantitative estimate of drug-likeness (QED) is 0.485. The van der Waals surface area contributed by atoms with Gasteiger partial charge < -0.3 is 5.73 Å². The summed E-state index contributed by atoms with van der Waals surface area (Å²) in [6.45, 7) is 2.16. The van der Waals surface area contributed by atoms with Gasteiger partial charge in [0.25, 0.3) is 0 Å². The molecular formula is C16H15N. The number of nitrogens with two attached hydrogens (primary N) is 1. The van der Waals surface area contributed by atoms with E-state index in [9.17, 15) is 0 Å². The van der Waals surface area contributed by atoms with E-state index in [1.807, 2.05) is 6.07 Å². The average Bonchev–Trinajstić information content (AvgIpc) is 2.40. The van der Waals surface area contributed by atoms with Crippen molar-refractivity contribution >= 4 is 27.2 Å². The molecule has 84 valence electrons. The van der Waals surface area contributed by atoms with E-state index in [1.165, 1.54) is 27.1 Å². The summed E-state index contributed by atoms with van der Waals surface area (Å²) in [6, 6.07) is 16.9. The predicted molar refractivity (Wildman–Crippen MR) is 75.2 cm³/mol. The molecule has 0 heterocycles. The standard InChI is InChI=1S/C16H15N/c1-2-11-12-7-3-4-8-13(12)14-9-5-6-10-15(14)16(11)17/h3-10H,2,17H2,1H3. The van der Waals surface area contributed by atoms with E-state index in [-0.39, 0.29) is 0 Å². The van der Waals surface area contributed by atoms with Crippen LogP contribution in [0.15, 0.2) is 48.5 Å². The van der Waals surface area contributed by atoms with E-state index in [0.717, 1.165) is 12.1 Å². The Labute approximate surface area is 101 Å². The molecule has 0 unspecified atom stereocenters. The highest BCUT2D eigenvalue weighted by Gasteiger charge is 2.09. The third-order valence-corrected chi connectivity index (χ3v) is 3.44. The molecule has 3 aromatic carbocycles. The van der Waals surface area contributed by atoms with Gasteiger partial charge in [-0.3, -0.25) is 0 Å². The van der Waals surface area contributed by atoms with Gasteiger partial charge in [0.1, 0.15) is 0 Å². The molecule has 0 aliphatic heterocycles. The van der Waals surface area contributed by atoms with Gasteiger partial charge in [0.05, 0.1) is 0 Å². The molecule has 0 radical (unpaired) electrons. The third-order valence-electron chi connectivity index (χ3n) is 3.44. The van der Waals surface area contributed by atoms with Crippen LogP contribution in [-0.2, 0) is 6.42 Å². The van der Waals surface area contributed by atoms with Crippen molar-refractivity contribution in [2.45, 2.75) is 13.3 Å². The Balaban J connectivity index is 2.64. The predicted octanol–water partition coefficient (Wildman–Crippen LogP) is 4.14. The van der Waals surface area contributed by atoms with Crippen LogP contribution >= 0.6 is 0 Å². The molecule has 1 heteroatoms. The molecule has 0 aliphatic carbocycles. The van der Waals surface area contributed by atoms with Crippen molar-refractivity contribution in [3.63, 3.8) is 0 Å². The molecule has 0 aliphatic rings. The number of hydrogen-bond acceptors (Lipinski definition) is 1. The van der Waals surface area contributed by atoms with Crippen LogP contribution in [0.2, 0.25) is 0 Å². The van der Waals surface area contributed by atoms with Crippen LogP contribution in [-0.4, -0.2) is 0 Å². The van der Waals surface area contributed by atoms with Gasteiger partial charge in [-0.2, -0.15) is 0 Å². The van der Waals surface area contributed by atoms with Gasteiger partial charge in [-0.15, -0.1) is 0 Å². The maximum atomic E-state index is 6.30. The Bertz CT molecular complexity index is 698. The minimum atomic E-state index is 0.932. The molecule has 1 nitrogen and oxygen atoms in total. The van der Waals surface area contributed by atoms with Crippen LogP contribution in [0.4, 0.5) is 5.69 Å². The van der Waals surface area contributed by atoms with E-state index >= 15 is 0 Å². The summed E-state index contributed by atoms with van der Waals surface area (Å²) in [7, 11) is 0. The lowest BCUT2D eigenvalue weighted by Crippen LogP contribution is -1.96. The van der Waals surface area contributed by atoms with Crippen LogP contribution in [0.3, 0.4) is 0 Å². The zero-order chi connectivity index (χ0) is 11.8. The Morgan fingerprint density at radius 1 is 0.765 bits per heavy atom. The van der Waals surface area contributed by atoms with Gasteiger partial charge in [-0.1, -0.05) is 55.5 Å². The molecule has 0 saturated carbocycles. The number of nitrogen functional groups attached to an aromatic ring is 1. The zero-order valence-corrected chi connectivity index (χ0v) is 9.90. The molecule has 3 aromatic rings. The number of benzene rings is 3. The maximum Gasteiger partial charge on any atom is 0.0432 e. The average molecular weight is 221 g/mol. The molecule has 3 rings (SSSR count). The fourth-order valence-corrected chi connectivity index (χ4v) is 2.62. The van der Waals surface area contributed by atoms with Crippen LogP contribution in [0.1, 0.15) is 12.5 Å². The molecule has 0 saturated heterocycles. The first kappa shape index (κ1) is 10.2. The summed E-state index contributed by atoms with van der Waals surface area (Å²) in [4.78, 5) is 0.